The van der Waals surface area contributed by atoms with Crippen LogP contribution in [0.15, 0.2) is 30.7 Å². The van der Waals surface area contributed by atoms with E-state index in [4.69, 9.17) is 0 Å². The van der Waals surface area contributed by atoms with Gasteiger partial charge < -0.3 is 29.7 Å². The second kappa shape index (κ2) is 7.20. The second-order valence-corrected chi connectivity index (χ2v) is 6.53. The van der Waals surface area contributed by atoms with E-state index in [1.807, 2.05) is 38.7 Å². The predicted molar refractivity (Wildman–Crippen MR) is 97.2 cm³/mol. The Balaban J connectivity index is 1.30. The van der Waals surface area contributed by atoms with Gasteiger partial charge in [-0.1, -0.05) is 0 Å². The van der Waals surface area contributed by atoms with E-state index in [0.717, 1.165) is 31.8 Å². The van der Waals surface area contributed by atoms with E-state index in [9.17, 15) is 9.59 Å². The first-order chi connectivity index (χ1) is 12.7. The molecule has 0 saturated carbocycles. The maximum absolute atomic E-state index is 12.5. The van der Waals surface area contributed by atoms with Gasteiger partial charge in [0.15, 0.2) is 0 Å². The zero-order chi connectivity index (χ0) is 17.9. The van der Waals surface area contributed by atoms with Crippen molar-refractivity contribution in [2.75, 3.05) is 57.7 Å². The Morgan fingerprint density at radius 1 is 0.962 bits per heavy atom. The number of imidazole rings is 1. The molecule has 0 aromatic carbocycles. The highest BCUT2D eigenvalue weighted by Crippen LogP contribution is 2.13. The first-order valence-corrected chi connectivity index (χ1v) is 8.94. The lowest BCUT2D eigenvalue weighted by atomic mass is 10.3. The number of carbonyl (C=O) groups is 2. The molecule has 4 rings (SSSR count). The summed E-state index contributed by atoms with van der Waals surface area (Å²) in [7, 11) is 0. The molecule has 2 aliphatic heterocycles. The lowest BCUT2D eigenvalue weighted by Crippen LogP contribution is -2.57. The van der Waals surface area contributed by atoms with Gasteiger partial charge in [0.25, 0.3) is 0 Å². The van der Waals surface area contributed by atoms with Crippen LogP contribution in [-0.2, 0) is 0 Å². The quantitative estimate of drug-likeness (QED) is 0.779. The number of hydrogen-bond donors (Lipinski definition) is 2. The monoisotopic (exact) mass is 357 g/mol. The van der Waals surface area contributed by atoms with Gasteiger partial charge in [0, 0.05) is 82.7 Å². The number of pyridine rings is 1. The number of rotatable bonds is 1. The zero-order valence-corrected chi connectivity index (χ0v) is 14.6. The summed E-state index contributed by atoms with van der Waals surface area (Å²) in [6.07, 6.45) is 5.44. The van der Waals surface area contributed by atoms with Gasteiger partial charge >= 0.3 is 12.1 Å². The minimum Gasteiger partial charge on any atom is -0.322 e. The zero-order valence-electron chi connectivity index (χ0n) is 14.6. The van der Waals surface area contributed by atoms with Gasteiger partial charge in [-0.15, -0.1) is 0 Å². The maximum Gasteiger partial charge on any atom is 0.321 e. The third kappa shape index (κ3) is 3.43. The van der Waals surface area contributed by atoms with Gasteiger partial charge in [-0.2, -0.15) is 0 Å². The molecule has 0 atom stereocenters. The van der Waals surface area contributed by atoms with Crippen LogP contribution in [0, 0.1) is 0 Å². The number of nitrogens with one attached hydrogen (secondary N) is 2. The van der Waals surface area contributed by atoms with Crippen LogP contribution < -0.4 is 10.6 Å². The van der Waals surface area contributed by atoms with E-state index in [1.165, 1.54) is 0 Å². The minimum absolute atomic E-state index is 0.0799. The first kappa shape index (κ1) is 16.6. The lowest BCUT2D eigenvalue weighted by molar-refractivity contribution is 0.118. The van der Waals surface area contributed by atoms with Gasteiger partial charge in [-0.3, -0.25) is 0 Å². The minimum atomic E-state index is -0.143. The smallest absolute Gasteiger partial charge is 0.321 e. The van der Waals surface area contributed by atoms with Crippen LogP contribution in [0.3, 0.4) is 0 Å². The summed E-state index contributed by atoms with van der Waals surface area (Å²) in [5.41, 5.74) is 1.50. The van der Waals surface area contributed by atoms with E-state index in [0.29, 0.717) is 31.9 Å². The van der Waals surface area contributed by atoms with Crippen molar-refractivity contribution in [3.63, 3.8) is 0 Å². The van der Waals surface area contributed by atoms with Gasteiger partial charge in [0.2, 0.25) is 0 Å². The Morgan fingerprint density at radius 2 is 1.65 bits per heavy atom. The Bertz CT molecular complexity index is 791. The molecule has 0 unspecified atom stereocenters. The molecular formula is C17H23N7O2. The molecule has 4 amide bonds. The molecule has 4 heterocycles. The number of piperazine rings is 2. The van der Waals surface area contributed by atoms with Crippen LogP contribution in [0.1, 0.15) is 0 Å². The summed E-state index contributed by atoms with van der Waals surface area (Å²) in [5.74, 6) is 0. The number of anilines is 1. The lowest BCUT2D eigenvalue weighted by Gasteiger charge is -2.38. The number of carbonyl (C=O) groups excluding carboxylic acids is 2. The highest BCUT2D eigenvalue weighted by molar-refractivity contribution is 5.90. The summed E-state index contributed by atoms with van der Waals surface area (Å²) < 4.78 is 1.89. The third-order valence-electron chi connectivity index (χ3n) is 4.87. The second-order valence-electron chi connectivity index (χ2n) is 6.53. The first-order valence-electron chi connectivity index (χ1n) is 8.94. The number of nitrogens with zero attached hydrogens (tertiary/aromatic N) is 5. The molecule has 2 fully saturated rings. The number of amides is 4. The highest BCUT2D eigenvalue weighted by Gasteiger charge is 2.27. The molecule has 0 bridgehead atoms. The molecule has 2 saturated heterocycles. The van der Waals surface area contributed by atoms with Gasteiger partial charge in [0.05, 0.1) is 0 Å². The van der Waals surface area contributed by atoms with Crippen molar-refractivity contribution in [1.82, 2.24) is 29.4 Å². The van der Waals surface area contributed by atoms with Crippen LogP contribution >= 0.6 is 0 Å². The molecule has 0 radical (unpaired) electrons. The predicted octanol–water partition coefficient (Wildman–Crippen LogP) is 0.509. The average molecular weight is 357 g/mol. The van der Waals surface area contributed by atoms with E-state index < -0.39 is 0 Å². The van der Waals surface area contributed by atoms with Gasteiger partial charge in [-0.25, -0.2) is 14.6 Å². The molecule has 9 nitrogen and oxygen atoms in total. The van der Waals surface area contributed by atoms with Crippen LogP contribution in [0.4, 0.5) is 15.3 Å². The van der Waals surface area contributed by atoms with Crippen LogP contribution in [-0.4, -0.2) is 88.5 Å². The van der Waals surface area contributed by atoms with Gasteiger partial charge in [0.1, 0.15) is 5.65 Å². The fourth-order valence-corrected chi connectivity index (χ4v) is 3.35. The van der Waals surface area contributed by atoms with Crippen molar-refractivity contribution < 1.29 is 9.59 Å². The number of fused-ring (bicyclic) bond motifs is 1. The molecule has 26 heavy (non-hydrogen) atoms. The molecule has 0 aliphatic carbocycles. The summed E-state index contributed by atoms with van der Waals surface area (Å²) >= 11 is 0. The molecule has 2 aromatic heterocycles. The molecule has 2 aliphatic rings. The number of hydrogen-bond acceptors (Lipinski definition) is 4. The highest BCUT2D eigenvalue weighted by atomic mass is 16.2. The normalized spacial score (nSPS) is 18.2. The SMILES string of the molecule is O=C(Nc1ccn2ccnc2c1)N1CCN(C(=O)N2CCNCC2)CC1. The van der Waals surface area contributed by atoms with Crippen LogP contribution in [0.5, 0.6) is 0 Å². The van der Waals surface area contributed by atoms with Crippen molar-refractivity contribution in [2.45, 2.75) is 0 Å². The molecule has 2 aromatic rings. The fraction of sp³-hybridized carbons (Fsp3) is 0.471. The third-order valence-corrected chi connectivity index (χ3v) is 4.87. The largest absolute Gasteiger partial charge is 0.322 e. The molecular weight excluding hydrogens is 334 g/mol. The fourth-order valence-electron chi connectivity index (χ4n) is 3.35. The summed E-state index contributed by atoms with van der Waals surface area (Å²) in [5, 5.41) is 6.16. The van der Waals surface area contributed by atoms with E-state index in [-0.39, 0.29) is 12.1 Å². The van der Waals surface area contributed by atoms with Gasteiger partial charge in [-0.05, 0) is 6.07 Å². The molecule has 9 heteroatoms. The van der Waals surface area contributed by atoms with Crippen LogP contribution in [0.25, 0.3) is 5.65 Å². The number of aromatic nitrogens is 2. The van der Waals surface area contributed by atoms with Crippen molar-refractivity contribution in [1.29, 1.82) is 0 Å². The Morgan fingerprint density at radius 3 is 2.42 bits per heavy atom. The number of urea groups is 2. The summed E-state index contributed by atoms with van der Waals surface area (Å²) in [6, 6.07) is 3.62. The van der Waals surface area contributed by atoms with E-state index in [1.54, 1.807) is 11.1 Å². The van der Waals surface area contributed by atoms with Crippen molar-refractivity contribution in [2.24, 2.45) is 0 Å². The summed E-state index contributed by atoms with van der Waals surface area (Å²) in [4.78, 5) is 34.7. The van der Waals surface area contributed by atoms with E-state index >= 15 is 0 Å². The molecule has 2 N–H and O–H groups in total. The van der Waals surface area contributed by atoms with Crippen molar-refractivity contribution in [3.05, 3.63) is 30.7 Å². The standard InChI is InChI=1S/C17H23N7O2/c25-16(20-14-1-5-21-8-4-19-15(21)13-14)22-9-11-24(12-10-22)17(26)23-6-2-18-3-7-23/h1,4-5,8,13,18H,2-3,6-7,9-12H2,(H,20,25). The van der Waals surface area contributed by atoms with Crippen molar-refractivity contribution in [3.8, 4) is 0 Å². The molecule has 138 valence electrons. The Labute approximate surface area is 151 Å². The van der Waals surface area contributed by atoms with Crippen molar-refractivity contribution >= 4 is 23.4 Å². The molecule has 0 spiro atoms. The summed E-state index contributed by atoms with van der Waals surface area (Å²) in [6.45, 7) is 5.38. The topological polar surface area (TPSA) is 85.2 Å². The maximum atomic E-state index is 12.5. The van der Waals surface area contributed by atoms with Crippen LogP contribution in [0.2, 0.25) is 0 Å². The Kier molecular flexibility index (Phi) is 4.61. The Hall–Kier alpha value is -2.81. The average Bonchev–Trinajstić information content (AvgIpc) is 3.16. The van der Waals surface area contributed by atoms with E-state index in [2.05, 4.69) is 15.6 Å².